The third kappa shape index (κ3) is 3.39. The van der Waals surface area contributed by atoms with E-state index in [1.165, 1.54) is 0 Å². The zero-order chi connectivity index (χ0) is 16.4. The van der Waals surface area contributed by atoms with Crippen molar-refractivity contribution in [2.45, 2.75) is 18.7 Å². The molecule has 23 heavy (non-hydrogen) atoms. The largest absolute Gasteiger partial charge is 0.300 e. The molecule has 1 aliphatic rings. The van der Waals surface area contributed by atoms with E-state index in [-0.39, 0.29) is 0 Å². The molecule has 0 saturated carbocycles. The quantitative estimate of drug-likeness (QED) is 0.861. The van der Waals surface area contributed by atoms with Gasteiger partial charge >= 0.3 is 0 Å². The third-order valence-corrected chi connectivity index (χ3v) is 6.17. The minimum absolute atomic E-state index is 0.384. The number of aromatic nitrogens is 1. The van der Waals surface area contributed by atoms with E-state index < -0.39 is 10.0 Å². The zero-order valence-corrected chi connectivity index (χ0v) is 14.5. The molecule has 3 rings (SSSR count). The van der Waals surface area contributed by atoms with Crippen LogP contribution in [-0.4, -0.2) is 55.3 Å². The van der Waals surface area contributed by atoms with Crippen LogP contribution < -0.4 is 0 Å². The fourth-order valence-electron chi connectivity index (χ4n) is 3.13. The number of rotatable bonds is 4. The van der Waals surface area contributed by atoms with Crippen LogP contribution in [0.2, 0.25) is 0 Å². The standard InChI is InChI=1S/C17H23N3O2S/c1-14(2)13-19-8-10-20(11-9-19)23(21,22)17-5-3-4-15-12-18-7-6-16(15)17/h3-7,12,14H,8-11,13H2,1-2H3. The van der Waals surface area contributed by atoms with Crippen LogP contribution in [0.3, 0.4) is 0 Å². The lowest BCUT2D eigenvalue weighted by Crippen LogP contribution is -2.49. The molecule has 0 N–H and O–H groups in total. The second kappa shape index (κ2) is 6.55. The maximum Gasteiger partial charge on any atom is 0.243 e. The van der Waals surface area contributed by atoms with Gasteiger partial charge in [-0.25, -0.2) is 8.42 Å². The van der Waals surface area contributed by atoms with Crippen molar-refractivity contribution in [1.29, 1.82) is 0 Å². The highest BCUT2D eigenvalue weighted by Gasteiger charge is 2.29. The maximum atomic E-state index is 13.0. The van der Waals surface area contributed by atoms with E-state index in [0.717, 1.165) is 30.4 Å². The van der Waals surface area contributed by atoms with E-state index >= 15 is 0 Å². The van der Waals surface area contributed by atoms with E-state index in [9.17, 15) is 8.42 Å². The monoisotopic (exact) mass is 333 g/mol. The van der Waals surface area contributed by atoms with Crippen molar-refractivity contribution in [2.24, 2.45) is 5.92 Å². The molecule has 1 aliphatic heterocycles. The molecule has 5 nitrogen and oxygen atoms in total. The molecule has 0 spiro atoms. The minimum Gasteiger partial charge on any atom is -0.300 e. The van der Waals surface area contributed by atoms with Crippen molar-refractivity contribution < 1.29 is 8.42 Å². The first-order valence-electron chi connectivity index (χ1n) is 8.04. The fourth-order valence-corrected chi connectivity index (χ4v) is 4.76. The number of piperazine rings is 1. The molecule has 1 aromatic carbocycles. The molecule has 2 aromatic rings. The van der Waals surface area contributed by atoms with Crippen LogP contribution in [0.25, 0.3) is 10.8 Å². The molecule has 1 saturated heterocycles. The molecule has 0 radical (unpaired) electrons. The van der Waals surface area contributed by atoms with Crippen LogP contribution in [-0.2, 0) is 10.0 Å². The van der Waals surface area contributed by atoms with Crippen LogP contribution in [0.5, 0.6) is 0 Å². The number of hydrogen-bond donors (Lipinski definition) is 0. The molecule has 0 atom stereocenters. The first-order chi connectivity index (χ1) is 11.0. The lowest BCUT2D eigenvalue weighted by atomic mass is 10.2. The molecule has 0 aliphatic carbocycles. The zero-order valence-electron chi connectivity index (χ0n) is 13.6. The molecular weight excluding hydrogens is 310 g/mol. The van der Waals surface area contributed by atoms with E-state index in [1.807, 2.05) is 6.07 Å². The smallest absolute Gasteiger partial charge is 0.243 e. The van der Waals surface area contributed by atoms with Gasteiger partial charge in [0.25, 0.3) is 0 Å². The second-order valence-corrected chi connectivity index (χ2v) is 8.36. The summed E-state index contributed by atoms with van der Waals surface area (Å²) in [5, 5.41) is 1.60. The Morgan fingerprint density at radius 1 is 1.13 bits per heavy atom. The van der Waals surface area contributed by atoms with Gasteiger partial charge in [0.05, 0.1) is 4.90 Å². The Kier molecular flexibility index (Phi) is 4.66. The third-order valence-electron chi connectivity index (χ3n) is 4.21. The average molecular weight is 333 g/mol. The predicted molar refractivity (Wildman–Crippen MR) is 91.8 cm³/mol. The van der Waals surface area contributed by atoms with Crippen molar-refractivity contribution >= 4 is 20.8 Å². The molecule has 1 fully saturated rings. The topological polar surface area (TPSA) is 53.5 Å². The number of pyridine rings is 1. The van der Waals surface area contributed by atoms with Gasteiger partial charge in [-0.1, -0.05) is 26.0 Å². The van der Waals surface area contributed by atoms with Gasteiger partial charge in [0.1, 0.15) is 0 Å². The summed E-state index contributed by atoms with van der Waals surface area (Å²) in [7, 11) is -3.46. The minimum atomic E-state index is -3.46. The summed E-state index contributed by atoms with van der Waals surface area (Å²) >= 11 is 0. The van der Waals surface area contributed by atoms with Gasteiger partial charge in [0.15, 0.2) is 0 Å². The van der Waals surface area contributed by atoms with Gasteiger partial charge in [-0.3, -0.25) is 4.98 Å². The Balaban J connectivity index is 1.85. The van der Waals surface area contributed by atoms with E-state index in [4.69, 9.17) is 0 Å². The van der Waals surface area contributed by atoms with Crippen LogP contribution in [0.4, 0.5) is 0 Å². The van der Waals surface area contributed by atoms with Crippen LogP contribution >= 0.6 is 0 Å². The van der Waals surface area contributed by atoms with E-state index in [1.54, 1.807) is 34.9 Å². The predicted octanol–water partition coefficient (Wildman–Crippen LogP) is 2.20. The van der Waals surface area contributed by atoms with Gasteiger partial charge < -0.3 is 4.90 Å². The number of benzene rings is 1. The van der Waals surface area contributed by atoms with Crippen LogP contribution in [0, 0.1) is 5.92 Å². The second-order valence-electron chi connectivity index (χ2n) is 6.45. The average Bonchev–Trinajstić information content (AvgIpc) is 2.54. The molecule has 0 unspecified atom stereocenters. The van der Waals surface area contributed by atoms with Crippen molar-refractivity contribution in [3.63, 3.8) is 0 Å². The lowest BCUT2D eigenvalue weighted by molar-refractivity contribution is 0.172. The van der Waals surface area contributed by atoms with Crippen LogP contribution in [0.1, 0.15) is 13.8 Å². The first-order valence-corrected chi connectivity index (χ1v) is 9.48. The fraction of sp³-hybridized carbons (Fsp3) is 0.471. The van der Waals surface area contributed by atoms with Gasteiger partial charge in [0.2, 0.25) is 10.0 Å². The first kappa shape index (κ1) is 16.4. The van der Waals surface area contributed by atoms with Gasteiger partial charge in [-0.2, -0.15) is 4.31 Å². The molecule has 124 valence electrons. The van der Waals surface area contributed by atoms with Crippen molar-refractivity contribution in [3.05, 3.63) is 36.7 Å². The SMILES string of the molecule is CC(C)CN1CCN(S(=O)(=O)c2cccc3cnccc23)CC1. The normalized spacial score (nSPS) is 17.9. The van der Waals surface area contributed by atoms with E-state index in [0.29, 0.717) is 23.9 Å². The van der Waals surface area contributed by atoms with Gasteiger partial charge in [0, 0.05) is 55.9 Å². The summed E-state index contributed by atoms with van der Waals surface area (Å²) in [6.45, 7) is 8.09. The highest BCUT2D eigenvalue weighted by Crippen LogP contribution is 2.25. The van der Waals surface area contributed by atoms with Crippen molar-refractivity contribution in [3.8, 4) is 0 Å². The Hall–Kier alpha value is -1.50. The highest BCUT2D eigenvalue weighted by atomic mass is 32.2. The Morgan fingerprint density at radius 2 is 1.87 bits per heavy atom. The molecular formula is C17H23N3O2S. The number of hydrogen-bond acceptors (Lipinski definition) is 4. The molecule has 6 heteroatoms. The molecule has 2 heterocycles. The Bertz CT molecular complexity index is 776. The molecule has 0 bridgehead atoms. The summed E-state index contributed by atoms with van der Waals surface area (Å²) in [6, 6.07) is 7.14. The number of sulfonamides is 1. The summed E-state index contributed by atoms with van der Waals surface area (Å²) in [6.07, 6.45) is 3.34. The Morgan fingerprint density at radius 3 is 2.57 bits per heavy atom. The van der Waals surface area contributed by atoms with Crippen LogP contribution in [0.15, 0.2) is 41.6 Å². The summed E-state index contributed by atoms with van der Waals surface area (Å²) in [5.74, 6) is 0.601. The Labute approximate surface area is 138 Å². The summed E-state index contributed by atoms with van der Waals surface area (Å²) < 4.78 is 27.6. The summed E-state index contributed by atoms with van der Waals surface area (Å²) in [5.41, 5.74) is 0. The summed E-state index contributed by atoms with van der Waals surface area (Å²) in [4.78, 5) is 6.79. The van der Waals surface area contributed by atoms with Crippen molar-refractivity contribution in [2.75, 3.05) is 32.7 Å². The van der Waals surface area contributed by atoms with E-state index in [2.05, 4.69) is 23.7 Å². The van der Waals surface area contributed by atoms with Gasteiger partial charge in [-0.15, -0.1) is 0 Å². The maximum absolute atomic E-state index is 13.0. The number of fused-ring (bicyclic) bond motifs is 1. The lowest BCUT2D eigenvalue weighted by Gasteiger charge is -2.34. The molecule has 1 aromatic heterocycles. The number of nitrogens with zero attached hydrogens (tertiary/aromatic N) is 3. The highest BCUT2D eigenvalue weighted by molar-refractivity contribution is 7.89. The van der Waals surface area contributed by atoms with Crippen molar-refractivity contribution in [1.82, 2.24) is 14.2 Å². The van der Waals surface area contributed by atoms with Gasteiger partial charge in [-0.05, 0) is 18.1 Å². The molecule has 0 amide bonds.